The summed E-state index contributed by atoms with van der Waals surface area (Å²) < 4.78 is 0. The van der Waals surface area contributed by atoms with Crippen LogP contribution < -0.4 is 4.90 Å². The van der Waals surface area contributed by atoms with Crippen molar-refractivity contribution in [1.82, 2.24) is 0 Å². The predicted octanol–water partition coefficient (Wildman–Crippen LogP) is 8.38. The highest BCUT2D eigenvalue weighted by Crippen LogP contribution is 2.51. The second kappa shape index (κ2) is 8.01. The molecule has 4 heteroatoms. The van der Waals surface area contributed by atoms with Crippen LogP contribution in [0, 0.1) is 10.1 Å². The zero-order valence-corrected chi connectivity index (χ0v) is 18.3. The summed E-state index contributed by atoms with van der Waals surface area (Å²) in [6, 6.07) is 40.1. The monoisotopic (exact) mass is 440 g/mol. The Kier molecular flexibility index (Phi) is 4.70. The number of benzene rings is 5. The smallest absolute Gasteiger partial charge is 0.277 e. The van der Waals surface area contributed by atoms with Crippen LogP contribution in [0.15, 0.2) is 121 Å². The van der Waals surface area contributed by atoms with Gasteiger partial charge in [0.05, 0.1) is 21.9 Å². The van der Waals surface area contributed by atoms with E-state index in [1.54, 1.807) is 12.1 Å². The van der Waals surface area contributed by atoms with Crippen molar-refractivity contribution in [2.45, 2.75) is 0 Å². The van der Waals surface area contributed by atoms with Crippen LogP contribution in [0.25, 0.3) is 33.4 Å². The lowest BCUT2D eigenvalue weighted by molar-refractivity contribution is -0.384. The number of fused-ring (bicyclic) bond motifs is 5. The van der Waals surface area contributed by atoms with E-state index >= 15 is 0 Å². The molecule has 0 spiro atoms. The molecule has 0 saturated heterocycles. The average Bonchev–Trinajstić information content (AvgIpc) is 3.02. The van der Waals surface area contributed by atoms with Gasteiger partial charge in [0, 0.05) is 22.9 Å². The molecule has 0 saturated carbocycles. The normalized spacial score (nSPS) is 11.7. The number of para-hydroxylation sites is 3. The van der Waals surface area contributed by atoms with Gasteiger partial charge in [-0.2, -0.15) is 0 Å². The van der Waals surface area contributed by atoms with E-state index in [0.29, 0.717) is 5.56 Å². The standard InChI is InChI=1S/C30H20N2O2/c33-32(34)30-17-9-6-12-23(30)21-18-19-29-27(20-21)25-14-5-4-13-24(25)26-15-7-8-16-28(26)31(29)22-10-2-1-3-11-22/h1-20H. The molecule has 0 aliphatic carbocycles. The minimum atomic E-state index is -0.318. The van der Waals surface area contributed by atoms with Gasteiger partial charge in [-0.15, -0.1) is 0 Å². The van der Waals surface area contributed by atoms with Crippen molar-refractivity contribution < 1.29 is 4.92 Å². The van der Waals surface area contributed by atoms with Crippen LogP contribution in [-0.4, -0.2) is 4.92 Å². The summed E-state index contributed by atoms with van der Waals surface area (Å²) in [6.07, 6.45) is 0. The molecular formula is C30H20N2O2. The fourth-order valence-corrected chi connectivity index (χ4v) is 4.83. The SMILES string of the molecule is O=[N+]([O-])c1ccccc1-c1ccc2c(c1)-c1ccccc1-c1ccccc1N2c1ccccc1. The van der Waals surface area contributed by atoms with E-state index in [1.165, 1.54) is 0 Å². The van der Waals surface area contributed by atoms with Gasteiger partial charge < -0.3 is 4.90 Å². The third kappa shape index (κ3) is 3.16. The molecular weight excluding hydrogens is 420 g/mol. The zero-order chi connectivity index (χ0) is 23.1. The molecule has 4 nitrogen and oxygen atoms in total. The summed E-state index contributed by atoms with van der Waals surface area (Å²) in [6.45, 7) is 0. The van der Waals surface area contributed by atoms with Gasteiger partial charge in [-0.25, -0.2) is 0 Å². The Hall–Kier alpha value is -4.70. The second-order valence-electron chi connectivity index (χ2n) is 8.24. The van der Waals surface area contributed by atoms with Gasteiger partial charge in [0.25, 0.3) is 5.69 Å². The highest BCUT2D eigenvalue weighted by atomic mass is 16.6. The Labute approximate surface area is 197 Å². The van der Waals surface area contributed by atoms with Crippen LogP contribution in [0.4, 0.5) is 22.7 Å². The van der Waals surface area contributed by atoms with Gasteiger partial charge in [-0.1, -0.05) is 78.9 Å². The van der Waals surface area contributed by atoms with E-state index in [0.717, 1.165) is 44.9 Å². The van der Waals surface area contributed by atoms with E-state index in [2.05, 4.69) is 71.6 Å². The number of hydrogen-bond donors (Lipinski definition) is 0. The molecule has 1 aliphatic heterocycles. The van der Waals surface area contributed by atoms with Crippen LogP contribution in [0.1, 0.15) is 0 Å². The lowest BCUT2D eigenvalue weighted by Crippen LogP contribution is -2.10. The Balaban J connectivity index is 1.68. The molecule has 0 unspecified atom stereocenters. The van der Waals surface area contributed by atoms with Crippen molar-refractivity contribution in [3.05, 3.63) is 131 Å². The van der Waals surface area contributed by atoms with Crippen molar-refractivity contribution in [3.8, 4) is 33.4 Å². The summed E-state index contributed by atoms with van der Waals surface area (Å²) >= 11 is 0. The molecule has 0 atom stereocenters. The quantitative estimate of drug-likeness (QED) is 0.205. The molecule has 0 N–H and O–H groups in total. The summed E-state index contributed by atoms with van der Waals surface area (Å²) in [7, 11) is 0. The molecule has 5 aromatic carbocycles. The minimum Gasteiger partial charge on any atom is -0.309 e. The number of hydrogen-bond acceptors (Lipinski definition) is 3. The number of rotatable bonds is 3. The summed E-state index contributed by atoms with van der Waals surface area (Å²) in [5.41, 5.74) is 9.14. The maximum absolute atomic E-state index is 11.7. The Bertz CT molecular complexity index is 1540. The highest BCUT2D eigenvalue weighted by molar-refractivity contribution is 6.03. The third-order valence-electron chi connectivity index (χ3n) is 6.32. The van der Waals surface area contributed by atoms with Gasteiger partial charge in [0.2, 0.25) is 0 Å². The number of nitro groups is 1. The largest absolute Gasteiger partial charge is 0.309 e. The van der Waals surface area contributed by atoms with Crippen molar-refractivity contribution in [2.24, 2.45) is 0 Å². The van der Waals surface area contributed by atoms with Crippen LogP contribution in [0.3, 0.4) is 0 Å². The number of nitrogens with zero attached hydrogens (tertiary/aromatic N) is 2. The summed E-state index contributed by atoms with van der Waals surface area (Å²) in [4.78, 5) is 13.7. The van der Waals surface area contributed by atoms with E-state index < -0.39 is 0 Å². The van der Waals surface area contributed by atoms with Crippen molar-refractivity contribution in [2.75, 3.05) is 4.90 Å². The lowest BCUT2D eigenvalue weighted by atomic mass is 9.92. The number of anilines is 3. The van der Waals surface area contributed by atoms with Crippen LogP contribution in [-0.2, 0) is 0 Å². The van der Waals surface area contributed by atoms with Crippen LogP contribution in [0.2, 0.25) is 0 Å². The maximum Gasteiger partial charge on any atom is 0.277 e. The van der Waals surface area contributed by atoms with E-state index in [1.807, 2.05) is 42.5 Å². The van der Waals surface area contributed by atoms with Crippen LogP contribution in [0.5, 0.6) is 0 Å². The maximum atomic E-state index is 11.7. The van der Waals surface area contributed by atoms with Gasteiger partial charge in [-0.05, 0) is 53.1 Å². The first kappa shape index (κ1) is 19.9. The van der Waals surface area contributed by atoms with Crippen molar-refractivity contribution in [1.29, 1.82) is 0 Å². The van der Waals surface area contributed by atoms with Gasteiger partial charge in [0.15, 0.2) is 0 Å². The minimum absolute atomic E-state index is 0.104. The molecule has 0 amide bonds. The van der Waals surface area contributed by atoms with Crippen molar-refractivity contribution in [3.63, 3.8) is 0 Å². The molecule has 162 valence electrons. The molecule has 0 aromatic heterocycles. The average molecular weight is 441 g/mol. The van der Waals surface area contributed by atoms with Gasteiger partial charge in [0.1, 0.15) is 0 Å². The predicted molar refractivity (Wildman–Crippen MR) is 138 cm³/mol. The fraction of sp³-hybridized carbons (Fsp3) is 0. The molecule has 34 heavy (non-hydrogen) atoms. The molecule has 0 bridgehead atoms. The topological polar surface area (TPSA) is 46.4 Å². The van der Waals surface area contributed by atoms with E-state index in [4.69, 9.17) is 0 Å². The first-order valence-electron chi connectivity index (χ1n) is 11.1. The first-order valence-corrected chi connectivity index (χ1v) is 11.1. The van der Waals surface area contributed by atoms with Gasteiger partial charge in [-0.3, -0.25) is 10.1 Å². The Morgan fingerprint density at radius 1 is 0.529 bits per heavy atom. The van der Waals surface area contributed by atoms with E-state index in [-0.39, 0.29) is 10.6 Å². The Morgan fingerprint density at radius 2 is 1.09 bits per heavy atom. The number of nitro benzene ring substituents is 1. The first-order chi connectivity index (χ1) is 16.7. The zero-order valence-electron chi connectivity index (χ0n) is 18.3. The van der Waals surface area contributed by atoms with E-state index in [9.17, 15) is 10.1 Å². The molecule has 0 fully saturated rings. The lowest BCUT2D eigenvalue weighted by Gasteiger charge is -2.27. The van der Waals surface area contributed by atoms with Crippen LogP contribution >= 0.6 is 0 Å². The second-order valence-corrected chi connectivity index (χ2v) is 8.24. The van der Waals surface area contributed by atoms with Crippen molar-refractivity contribution >= 4 is 22.7 Å². The molecule has 6 rings (SSSR count). The fourth-order valence-electron chi connectivity index (χ4n) is 4.83. The highest BCUT2D eigenvalue weighted by Gasteiger charge is 2.26. The molecule has 5 aromatic rings. The summed E-state index contributed by atoms with van der Waals surface area (Å²) in [5, 5.41) is 11.7. The third-order valence-corrected chi connectivity index (χ3v) is 6.32. The summed E-state index contributed by atoms with van der Waals surface area (Å²) in [5.74, 6) is 0. The van der Waals surface area contributed by atoms with Gasteiger partial charge >= 0.3 is 0 Å². The Morgan fingerprint density at radius 3 is 1.82 bits per heavy atom. The molecule has 1 aliphatic rings. The molecule has 0 radical (unpaired) electrons. The molecule has 1 heterocycles.